The van der Waals surface area contributed by atoms with E-state index in [0.29, 0.717) is 19.4 Å². The van der Waals surface area contributed by atoms with Gasteiger partial charge >= 0.3 is 0 Å². The van der Waals surface area contributed by atoms with Crippen molar-refractivity contribution in [3.05, 3.63) is 0 Å². The molecule has 0 aliphatic carbocycles. The molecule has 2 rings (SSSR count). The molecule has 2 aliphatic rings. The Balaban J connectivity index is 1.89. The largest absolute Gasteiger partial charge is 0.368 e. The SMILES string of the molecule is NC(=O)[C@H](C[C@@H]1CCNC1=O)NC(=O)[C@@H]1CCCNN1. The first-order chi connectivity index (χ1) is 9.58. The molecule has 0 spiro atoms. The van der Waals surface area contributed by atoms with Crippen LogP contribution in [-0.2, 0) is 14.4 Å². The van der Waals surface area contributed by atoms with E-state index in [1.807, 2.05) is 0 Å². The van der Waals surface area contributed by atoms with E-state index in [1.54, 1.807) is 0 Å². The molecule has 0 aromatic rings. The van der Waals surface area contributed by atoms with Gasteiger partial charge in [-0.15, -0.1) is 0 Å². The molecule has 2 fully saturated rings. The highest BCUT2D eigenvalue weighted by Gasteiger charge is 2.31. The number of hydrazine groups is 1. The first-order valence-corrected chi connectivity index (χ1v) is 6.93. The van der Waals surface area contributed by atoms with Crippen LogP contribution in [-0.4, -0.2) is 42.9 Å². The van der Waals surface area contributed by atoms with Crippen LogP contribution in [0.1, 0.15) is 25.7 Å². The zero-order valence-electron chi connectivity index (χ0n) is 11.3. The van der Waals surface area contributed by atoms with E-state index in [0.717, 1.165) is 13.0 Å². The third-order valence-corrected chi connectivity index (χ3v) is 3.73. The molecule has 3 amide bonds. The zero-order chi connectivity index (χ0) is 14.5. The Kier molecular flexibility index (Phi) is 4.91. The van der Waals surface area contributed by atoms with E-state index < -0.39 is 11.9 Å². The molecule has 0 unspecified atom stereocenters. The van der Waals surface area contributed by atoms with Crippen molar-refractivity contribution in [3.63, 3.8) is 0 Å². The quantitative estimate of drug-likeness (QED) is 0.389. The average molecular weight is 283 g/mol. The number of carbonyl (C=O) groups excluding carboxylic acids is 3. The Morgan fingerprint density at radius 3 is 2.70 bits per heavy atom. The summed E-state index contributed by atoms with van der Waals surface area (Å²) in [5.41, 5.74) is 11.1. The van der Waals surface area contributed by atoms with Gasteiger partial charge in [-0.3, -0.25) is 19.8 Å². The fourth-order valence-electron chi connectivity index (χ4n) is 2.53. The molecular weight excluding hydrogens is 262 g/mol. The second-order valence-corrected chi connectivity index (χ2v) is 5.24. The fraction of sp³-hybridized carbons (Fsp3) is 0.750. The number of hydrogen-bond donors (Lipinski definition) is 5. The van der Waals surface area contributed by atoms with Gasteiger partial charge in [0.15, 0.2) is 0 Å². The summed E-state index contributed by atoms with van der Waals surface area (Å²) in [6, 6.07) is -1.18. The van der Waals surface area contributed by atoms with Crippen LogP contribution in [0.3, 0.4) is 0 Å². The molecule has 8 nitrogen and oxygen atoms in total. The highest BCUT2D eigenvalue weighted by molar-refractivity contribution is 5.90. The van der Waals surface area contributed by atoms with Crippen LogP contribution in [0.5, 0.6) is 0 Å². The minimum Gasteiger partial charge on any atom is -0.368 e. The summed E-state index contributed by atoms with van der Waals surface area (Å²) in [5, 5.41) is 5.34. The molecule has 0 radical (unpaired) electrons. The van der Waals surface area contributed by atoms with Crippen LogP contribution in [0, 0.1) is 5.92 Å². The Labute approximate surface area is 117 Å². The molecule has 112 valence electrons. The lowest BCUT2D eigenvalue weighted by Gasteiger charge is -2.26. The van der Waals surface area contributed by atoms with Crippen molar-refractivity contribution in [2.45, 2.75) is 37.8 Å². The molecular formula is C12H21N5O3. The van der Waals surface area contributed by atoms with Crippen LogP contribution in [0.15, 0.2) is 0 Å². The molecule has 0 bridgehead atoms. The van der Waals surface area contributed by atoms with Crippen LogP contribution < -0.4 is 27.2 Å². The van der Waals surface area contributed by atoms with Gasteiger partial charge in [0, 0.05) is 19.0 Å². The molecule has 6 N–H and O–H groups in total. The number of nitrogens with one attached hydrogen (secondary N) is 4. The van der Waals surface area contributed by atoms with Gasteiger partial charge in [0.05, 0.1) is 6.04 Å². The van der Waals surface area contributed by atoms with Crippen molar-refractivity contribution in [3.8, 4) is 0 Å². The maximum absolute atomic E-state index is 12.0. The maximum Gasteiger partial charge on any atom is 0.240 e. The van der Waals surface area contributed by atoms with Gasteiger partial charge in [-0.1, -0.05) is 0 Å². The van der Waals surface area contributed by atoms with Gasteiger partial charge in [-0.25, -0.2) is 5.43 Å². The van der Waals surface area contributed by atoms with E-state index in [-0.39, 0.29) is 30.2 Å². The molecule has 2 aliphatic heterocycles. The van der Waals surface area contributed by atoms with Crippen molar-refractivity contribution in [1.82, 2.24) is 21.5 Å². The Morgan fingerprint density at radius 2 is 2.15 bits per heavy atom. The summed E-state index contributed by atoms with van der Waals surface area (Å²) in [6.45, 7) is 1.42. The minimum absolute atomic E-state index is 0.0806. The van der Waals surface area contributed by atoms with Crippen molar-refractivity contribution >= 4 is 17.7 Å². The monoisotopic (exact) mass is 283 g/mol. The normalized spacial score (nSPS) is 27.7. The second kappa shape index (κ2) is 6.67. The summed E-state index contributed by atoms with van der Waals surface area (Å²) in [7, 11) is 0. The first kappa shape index (κ1) is 14.7. The van der Waals surface area contributed by atoms with Crippen LogP contribution >= 0.6 is 0 Å². The third-order valence-electron chi connectivity index (χ3n) is 3.73. The Bertz CT molecular complexity index is 395. The predicted molar refractivity (Wildman–Crippen MR) is 71.0 cm³/mol. The highest BCUT2D eigenvalue weighted by atomic mass is 16.2. The van der Waals surface area contributed by atoms with Crippen LogP contribution in [0.2, 0.25) is 0 Å². The summed E-state index contributed by atoms with van der Waals surface area (Å²) in [4.78, 5) is 35.0. The lowest BCUT2D eigenvalue weighted by molar-refractivity contribution is -0.130. The molecule has 2 heterocycles. The van der Waals surface area contributed by atoms with E-state index in [2.05, 4.69) is 21.5 Å². The summed E-state index contributed by atoms with van der Waals surface area (Å²) < 4.78 is 0. The number of hydrogen-bond acceptors (Lipinski definition) is 5. The zero-order valence-corrected chi connectivity index (χ0v) is 11.3. The lowest BCUT2D eigenvalue weighted by Crippen LogP contribution is -2.57. The average Bonchev–Trinajstić information content (AvgIpc) is 2.84. The number of amides is 3. The maximum atomic E-state index is 12.0. The Hall–Kier alpha value is -1.67. The summed E-state index contributed by atoms with van der Waals surface area (Å²) in [6.07, 6.45) is 2.51. The van der Waals surface area contributed by atoms with Gasteiger partial charge in [0.2, 0.25) is 17.7 Å². The fourth-order valence-corrected chi connectivity index (χ4v) is 2.53. The minimum atomic E-state index is -0.805. The number of rotatable bonds is 5. The molecule has 0 saturated carbocycles. The van der Waals surface area contributed by atoms with Crippen molar-refractivity contribution in [1.29, 1.82) is 0 Å². The smallest absolute Gasteiger partial charge is 0.240 e. The van der Waals surface area contributed by atoms with Crippen molar-refractivity contribution < 1.29 is 14.4 Å². The van der Waals surface area contributed by atoms with E-state index >= 15 is 0 Å². The highest BCUT2D eigenvalue weighted by Crippen LogP contribution is 2.16. The topological polar surface area (TPSA) is 125 Å². The standard InChI is InChI=1S/C12H21N5O3/c13-10(18)9(6-7-3-5-14-11(7)19)16-12(20)8-2-1-4-15-17-8/h7-9,15,17H,1-6H2,(H2,13,18)(H,14,19)(H,16,20)/t7-,8-,9-/m0/s1. The van der Waals surface area contributed by atoms with Gasteiger partial charge < -0.3 is 16.4 Å². The molecule has 20 heavy (non-hydrogen) atoms. The van der Waals surface area contributed by atoms with E-state index in [9.17, 15) is 14.4 Å². The summed E-state index contributed by atoms with van der Waals surface area (Å²) in [5.74, 6) is -1.21. The number of nitrogens with two attached hydrogens (primary N) is 1. The van der Waals surface area contributed by atoms with Crippen molar-refractivity contribution in [2.75, 3.05) is 13.1 Å². The molecule has 0 aromatic heterocycles. The third kappa shape index (κ3) is 3.67. The second-order valence-electron chi connectivity index (χ2n) is 5.24. The number of primary amides is 1. The molecule has 3 atom stereocenters. The molecule has 8 heteroatoms. The van der Waals surface area contributed by atoms with Crippen molar-refractivity contribution in [2.24, 2.45) is 11.7 Å². The van der Waals surface area contributed by atoms with Gasteiger partial charge in [-0.05, 0) is 25.7 Å². The van der Waals surface area contributed by atoms with E-state index in [1.165, 1.54) is 0 Å². The van der Waals surface area contributed by atoms with Crippen LogP contribution in [0.25, 0.3) is 0 Å². The van der Waals surface area contributed by atoms with Gasteiger partial charge in [-0.2, -0.15) is 0 Å². The first-order valence-electron chi connectivity index (χ1n) is 6.93. The summed E-state index contributed by atoms with van der Waals surface area (Å²) >= 11 is 0. The van der Waals surface area contributed by atoms with E-state index in [4.69, 9.17) is 5.73 Å². The van der Waals surface area contributed by atoms with Gasteiger partial charge in [0.25, 0.3) is 0 Å². The predicted octanol–water partition coefficient (Wildman–Crippen LogP) is -2.26. The lowest BCUT2D eigenvalue weighted by atomic mass is 9.97. The van der Waals surface area contributed by atoms with Gasteiger partial charge in [0.1, 0.15) is 6.04 Å². The molecule has 2 saturated heterocycles. The Morgan fingerprint density at radius 1 is 1.35 bits per heavy atom. The molecule has 0 aromatic carbocycles. The number of carbonyl (C=O) groups is 3. The van der Waals surface area contributed by atoms with Crippen LogP contribution in [0.4, 0.5) is 0 Å².